The summed E-state index contributed by atoms with van der Waals surface area (Å²) in [5.74, 6) is 2.25. The van der Waals surface area contributed by atoms with E-state index in [9.17, 15) is 0 Å². The molecule has 0 fully saturated rings. The first-order valence-electron chi connectivity index (χ1n) is 10.7. The summed E-state index contributed by atoms with van der Waals surface area (Å²) >= 11 is 6.39. The largest absolute Gasteiger partial charge is 0.497 e. The Morgan fingerprint density at radius 1 is 1.00 bits per heavy atom. The fraction of sp³-hybridized carbons (Fsp3) is 0.154. The number of nitrogens with one attached hydrogen (secondary N) is 1. The molecule has 0 spiro atoms. The maximum absolute atomic E-state index is 6.63. The highest BCUT2D eigenvalue weighted by Gasteiger charge is 2.41. The van der Waals surface area contributed by atoms with Gasteiger partial charge in [-0.05, 0) is 48.4 Å². The van der Waals surface area contributed by atoms with Crippen LogP contribution in [0.4, 0.5) is 5.95 Å². The van der Waals surface area contributed by atoms with Crippen LogP contribution in [-0.2, 0) is 0 Å². The third-order valence-corrected chi connectivity index (χ3v) is 6.42. The summed E-state index contributed by atoms with van der Waals surface area (Å²) < 4.78 is 13.9. The molecular weight excluding hydrogens is 436 g/mol. The van der Waals surface area contributed by atoms with Crippen molar-refractivity contribution in [3.05, 3.63) is 106 Å². The molecule has 33 heavy (non-hydrogen) atoms. The molecule has 2 unspecified atom stereocenters. The molecule has 164 valence electrons. The van der Waals surface area contributed by atoms with Crippen molar-refractivity contribution < 1.29 is 9.47 Å². The maximum Gasteiger partial charge on any atom is 0.226 e. The van der Waals surface area contributed by atoms with Crippen LogP contribution in [0.5, 0.6) is 11.5 Å². The number of nitrogens with zero attached hydrogens (tertiary/aromatic N) is 3. The van der Waals surface area contributed by atoms with Gasteiger partial charge in [-0.25, -0.2) is 4.68 Å². The van der Waals surface area contributed by atoms with E-state index in [0.717, 1.165) is 39.5 Å². The average Bonchev–Trinajstić information content (AvgIpc) is 3.31. The van der Waals surface area contributed by atoms with Gasteiger partial charge < -0.3 is 14.8 Å². The topological polar surface area (TPSA) is 61.2 Å². The molecule has 6 rings (SSSR count). The van der Waals surface area contributed by atoms with E-state index in [1.165, 1.54) is 5.56 Å². The Balaban J connectivity index is 1.61. The van der Waals surface area contributed by atoms with E-state index >= 15 is 0 Å². The summed E-state index contributed by atoms with van der Waals surface area (Å²) in [5.41, 5.74) is 6.24. The molecule has 7 heteroatoms. The first kappa shape index (κ1) is 19.9. The molecule has 0 aliphatic carbocycles. The number of aryl methyl sites for hydroxylation is 1. The van der Waals surface area contributed by atoms with Gasteiger partial charge in [0.2, 0.25) is 5.95 Å². The Morgan fingerprint density at radius 3 is 2.52 bits per heavy atom. The van der Waals surface area contributed by atoms with Gasteiger partial charge in [0.15, 0.2) is 0 Å². The minimum atomic E-state index is -0.314. The van der Waals surface area contributed by atoms with Crippen molar-refractivity contribution in [3.63, 3.8) is 0 Å². The van der Waals surface area contributed by atoms with Crippen molar-refractivity contribution in [2.45, 2.75) is 19.1 Å². The second-order valence-corrected chi connectivity index (χ2v) is 8.64. The number of hydrogen-bond acceptors (Lipinski definition) is 5. The fourth-order valence-electron chi connectivity index (χ4n) is 4.56. The molecule has 0 amide bonds. The summed E-state index contributed by atoms with van der Waals surface area (Å²) in [4.78, 5) is 4.47. The second-order valence-electron chi connectivity index (χ2n) is 8.21. The normalized spacial score (nSPS) is 18.5. The second kappa shape index (κ2) is 7.67. The van der Waals surface area contributed by atoms with Crippen molar-refractivity contribution in [2.24, 2.45) is 0 Å². The minimum absolute atomic E-state index is 0.219. The van der Waals surface area contributed by atoms with Gasteiger partial charge in [-0.1, -0.05) is 53.6 Å². The molecule has 0 saturated carbocycles. The summed E-state index contributed by atoms with van der Waals surface area (Å²) in [5, 5.41) is 8.71. The Kier molecular flexibility index (Phi) is 4.62. The molecular formula is C26H21ClN4O2. The highest BCUT2D eigenvalue weighted by atomic mass is 35.5. The van der Waals surface area contributed by atoms with Gasteiger partial charge in [-0.3, -0.25) is 0 Å². The average molecular weight is 457 g/mol. The van der Waals surface area contributed by atoms with Gasteiger partial charge in [-0.15, -0.1) is 0 Å². The van der Waals surface area contributed by atoms with Crippen LogP contribution in [0.1, 0.15) is 34.4 Å². The molecule has 3 heterocycles. The zero-order valence-corrected chi connectivity index (χ0v) is 18.9. The number of hydrogen-bond donors (Lipinski definition) is 1. The van der Waals surface area contributed by atoms with Crippen molar-refractivity contribution >= 4 is 23.2 Å². The summed E-state index contributed by atoms with van der Waals surface area (Å²) in [7, 11) is 1.67. The zero-order valence-electron chi connectivity index (χ0n) is 18.1. The van der Waals surface area contributed by atoms with Crippen LogP contribution >= 0.6 is 11.6 Å². The molecule has 2 atom stereocenters. The van der Waals surface area contributed by atoms with Gasteiger partial charge in [0.1, 0.15) is 30.0 Å². The predicted octanol–water partition coefficient (Wildman–Crippen LogP) is 5.81. The molecule has 0 bridgehead atoms. The van der Waals surface area contributed by atoms with Crippen LogP contribution in [0.15, 0.2) is 78.6 Å². The standard InChI is InChI=1S/C26H21ClN4O2/c1-15-3-5-17(6-4-15)25-22-23(20-13-18(27)9-12-21(20)33-25)30-26-28-14-29-31(26)24(22)16-7-10-19(32-2)11-8-16/h3-14,24-25H,1-2H3,(H,28,29,30). The van der Waals surface area contributed by atoms with Gasteiger partial charge >= 0.3 is 0 Å². The van der Waals surface area contributed by atoms with Crippen molar-refractivity contribution in [1.29, 1.82) is 0 Å². The van der Waals surface area contributed by atoms with Gasteiger partial charge in [0.05, 0.1) is 12.8 Å². The lowest BCUT2D eigenvalue weighted by Crippen LogP contribution is -2.32. The quantitative estimate of drug-likeness (QED) is 0.421. The highest BCUT2D eigenvalue weighted by molar-refractivity contribution is 6.30. The molecule has 0 radical (unpaired) electrons. The van der Waals surface area contributed by atoms with E-state index < -0.39 is 0 Å². The Labute approximate surface area is 196 Å². The smallest absolute Gasteiger partial charge is 0.226 e. The molecule has 0 saturated heterocycles. The SMILES string of the molecule is COc1ccc(C2C3=C(Nc4ncnn42)c2cc(Cl)ccc2OC3c2ccc(C)cc2)cc1. The number of ether oxygens (including phenoxy) is 2. The van der Waals surface area contributed by atoms with Gasteiger partial charge in [0.25, 0.3) is 0 Å². The molecule has 2 aliphatic heterocycles. The van der Waals surface area contributed by atoms with E-state index in [-0.39, 0.29) is 12.1 Å². The first-order chi connectivity index (χ1) is 16.1. The number of fused-ring (bicyclic) bond motifs is 3. The number of anilines is 1. The van der Waals surface area contributed by atoms with Crippen LogP contribution in [0, 0.1) is 6.92 Å². The van der Waals surface area contributed by atoms with E-state index in [0.29, 0.717) is 11.0 Å². The molecule has 1 aromatic heterocycles. The number of aromatic nitrogens is 3. The molecule has 1 N–H and O–H groups in total. The molecule has 2 aliphatic rings. The summed E-state index contributed by atoms with van der Waals surface area (Å²) in [6, 6.07) is 22.0. The lowest BCUT2D eigenvalue weighted by molar-refractivity contribution is 0.223. The number of halogens is 1. The maximum atomic E-state index is 6.63. The highest BCUT2D eigenvalue weighted by Crippen LogP contribution is 2.51. The lowest BCUT2D eigenvalue weighted by atomic mass is 9.84. The van der Waals surface area contributed by atoms with E-state index in [1.54, 1.807) is 13.4 Å². The van der Waals surface area contributed by atoms with E-state index in [4.69, 9.17) is 21.1 Å². The minimum Gasteiger partial charge on any atom is -0.497 e. The van der Waals surface area contributed by atoms with Crippen molar-refractivity contribution in [2.75, 3.05) is 12.4 Å². The Hall–Kier alpha value is -3.77. The molecule has 6 nitrogen and oxygen atoms in total. The predicted molar refractivity (Wildman–Crippen MR) is 128 cm³/mol. The fourth-order valence-corrected chi connectivity index (χ4v) is 4.74. The molecule has 3 aromatic carbocycles. The Morgan fingerprint density at radius 2 is 1.76 bits per heavy atom. The monoisotopic (exact) mass is 456 g/mol. The Bertz CT molecular complexity index is 1380. The van der Waals surface area contributed by atoms with Crippen molar-refractivity contribution in [3.8, 4) is 11.5 Å². The van der Waals surface area contributed by atoms with Crippen LogP contribution in [0.3, 0.4) is 0 Å². The summed E-state index contributed by atoms with van der Waals surface area (Å²) in [6.07, 6.45) is 1.25. The third kappa shape index (κ3) is 3.26. The van der Waals surface area contributed by atoms with Gasteiger partial charge in [0, 0.05) is 16.2 Å². The first-order valence-corrected chi connectivity index (χ1v) is 11.1. The third-order valence-electron chi connectivity index (χ3n) is 6.19. The van der Waals surface area contributed by atoms with Crippen LogP contribution in [-0.4, -0.2) is 21.9 Å². The van der Waals surface area contributed by atoms with E-state index in [1.807, 2.05) is 35.0 Å². The number of benzene rings is 3. The molecule has 4 aromatic rings. The lowest BCUT2D eigenvalue weighted by Gasteiger charge is -2.39. The van der Waals surface area contributed by atoms with Crippen LogP contribution in [0.25, 0.3) is 5.70 Å². The van der Waals surface area contributed by atoms with E-state index in [2.05, 4.69) is 58.7 Å². The number of rotatable bonds is 3. The zero-order chi connectivity index (χ0) is 22.5. The van der Waals surface area contributed by atoms with Gasteiger partial charge in [-0.2, -0.15) is 10.1 Å². The number of methoxy groups -OCH3 is 1. The van der Waals surface area contributed by atoms with Crippen molar-refractivity contribution in [1.82, 2.24) is 14.8 Å². The van der Waals surface area contributed by atoms with Crippen LogP contribution in [0.2, 0.25) is 5.02 Å². The summed E-state index contributed by atoms with van der Waals surface area (Å²) in [6.45, 7) is 2.08. The van der Waals surface area contributed by atoms with Crippen LogP contribution < -0.4 is 14.8 Å².